The molecule has 0 saturated heterocycles. The van der Waals surface area contributed by atoms with Gasteiger partial charge in [-0.1, -0.05) is 11.6 Å². The fourth-order valence-electron chi connectivity index (χ4n) is 1.59. The number of carbonyl (C=O) groups is 2. The molecular weight excluding hydrogens is 292 g/mol. The molecule has 0 aromatic heterocycles. The molecule has 0 aliphatic heterocycles. The van der Waals surface area contributed by atoms with Crippen LogP contribution in [0.4, 0.5) is 5.69 Å². The van der Waals surface area contributed by atoms with Gasteiger partial charge in [0.1, 0.15) is 5.75 Å². The largest absolute Gasteiger partial charge is 0.484 e. The first kappa shape index (κ1) is 14.9. The lowest BCUT2D eigenvalue weighted by Gasteiger charge is -2.08. The van der Waals surface area contributed by atoms with Crippen molar-refractivity contribution in [1.29, 1.82) is 0 Å². The third-order valence-electron chi connectivity index (χ3n) is 2.64. The zero-order chi connectivity index (χ0) is 15.2. The van der Waals surface area contributed by atoms with Gasteiger partial charge < -0.3 is 15.8 Å². The first-order valence-corrected chi connectivity index (χ1v) is 6.50. The number of primary amides is 1. The molecule has 2 aromatic rings. The highest BCUT2D eigenvalue weighted by Gasteiger charge is 2.05. The molecule has 0 radical (unpaired) electrons. The predicted molar refractivity (Wildman–Crippen MR) is 80.5 cm³/mol. The minimum atomic E-state index is -0.512. The van der Waals surface area contributed by atoms with Crippen molar-refractivity contribution in [2.45, 2.75) is 0 Å². The van der Waals surface area contributed by atoms with Crippen molar-refractivity contribution in [3.63, 3.8) is 0 Å². The van der Waals surface area contributed by atoms with Gasteiger partial charge in [-0.25, -0.2) is 0 Å². The topological polar surface area (TPSA) is 81.4 Å². The molecule has 0 unspecified atom stereocenters. The molecular formula is C15H13ClN2O3. The van der Waals surface area contributed by atoms with Crippen LogP contribution in [-0.4, -0.2) is 18.4 Å². The molecule has 0 saturated carbocycles. The fourth-order valence-corrected chi connectivity index (χ4v) is 1.72. The van der Waals surface area contributed by atoms with Crippen LogP contribution in [0.5, 0.6) is 5.75 Å². The van der Waals surface area contributed by atoms with Crippen LogP contribution in [0.2, 0.25) is 5.02 Å². The molecule has 6 heteroatoms. The van der Waals surface area contributed by atoms with E-state index in [-0.39, 0.29) is 12.5 Å². The SMILES string of the molecule is NC(=O)c1ccc(OCC(=O)Nc2ccc(Cl)cc2)cc1. The maximum Gasteiger partial charge on any atom is 0.262 e. The number of hydrogen-bond donors (Lipinski definition) is 2. The summed E-state index contributed by atoms with van der Waals surface area (Å²) in [6.45, 7) is -0.140. The molecule has 2 rings (SSSR count). The van der Waals surface area contributed by atoms with E-state index < -0.39 is 5.91 Å². The molecule has 2 amide bonds. The highest BCUT2D eigenvalue weighted by molar-refractivity contribution is 6.30. The highest BCUT2D eigenvalue weighted by atomic mass is 35.5. The number of benzene rings is 2. The standard InChI is InChI=1S/C15H13ClN2O3/c16-11-3-5-12(6-4-11)18-14(19)9-21-13-7-1-10(2-8-13)15(17)20/h1-8H,9H2,(H2,17,20)(H,18,19). The molecule has 0 spiro atoms. The van der Waals surface area contributed by atoms with Crippen LogP contribution < -0.4 is 15.8 Å². The normalized spacial score (nSPS) is 9.95. The number of amides is 2. The summed E-state index contributed by atoms with van der Waals surface area (Å²) in [5.74, 6) is -0.329. The summed E-state index contributed by atoms with van der Waals surface area (Å²) in [6, 6.07) is 13.0. The molecule has 108 valence electrons. The van der Waals surface area contributed by atoms with Gasteiger partial charge >= 0.3 is 0 Å². The second-order valence-corrected chi connectivity index (χ2v) is 4.67. The van der Waals surface area contributed by atoms with E-state index in [1.165, 1.54) is 12.1 Å². The lowest BCUT2D eigenvalue weighted by Crippen LogP contribution is -2.20. The number of hydrogen-bond acceptors (Lipinski definition) is 3. The third kappa shape index (κ3) is 4.50. The summed E-state index contributed by atoms with van der Waals surface area (Å²) in [4.78, 5) is 22.6. The summed E-state index contributed by atoms with van der Waals surface area (Å²) in [5, 5.41) is 3.27. The lowest BCUT2D eigenvalue weighted by molar-refractivity contribution is -0.118. The van der Waals surface area contributed by atoms with Crippen molar-refractivity contribution in [1.82, 2.24) is 0 Å². The number of anilines is 1. The first-order valence-electron chi connectivity index (χ1n) is 6.12. The van der Waals surface area contributed by atoms with Crippen LogP contribution in [0.3, 0.4) is 0 Å². The third-order valence-corrected chi connectivity index (χ3v) is 2.89. The van der Waals surface area contributed by atoms with E-state index in [1.54, 1.807) is 36.4 Å². The minimum Gasteiger partial charge on any atom is -0.484 e. The maximum absolute atomic E-state index is 11.7. The van der Waals surface area contributed by atoms with Gasteiger partial charge in [-0.05, 0) is 48.5 Å². The highest BCUT2D eigenvalue weighted by Crippen LogP contribution is 2.14. The van der Waals surface area contributed by atoms with Crippen LogP contribution in [0.1, 0.15) is 10.4 Å². The van der Waals surface area contributed by atoms with Crippen LogP contribution in [-0.2, 0) is 4.79 Å². The van der Waals surface area contributed by atoms with Crippen LogP contribution >= 0.6 is 11.6 Å². The van der Waals surface area contributed by atoms with Gasteiger partial charge in [-0.2, -0.15) is 0 Å². The Morgan fingerprint density at radius 3 is 2.24 bits per heavy atom. The summed E-state index contributed by atoms with van der Waals surface area (Å²) in [6.07, 6.45) is 0. The van der Waals surface area contributed by atoms with Crippen LogP contribution in [0, 0.1) is 0 Å². The molecule has 3 N–H and O–H groups in total. The van der Waals surface area contributed by atoms with E-state index in [4.69, 9.17) is 22.1 Å². The van der Waals surface area contributed by atoms with Gasteiger partial charge in [0.05, 0.1) is 0 Å². The molecule has 21 heavy (non-hydrogen) atoms. The number of ether oxygens (including phenoxy) is 1. The van der Waals surface area contributed by atoms with Gasteiger partial charge in [0, 0.05) is 16.3 Å². The Bertz CT molecular complexity index is 639. The van der Waals surface area contributed by atoms with Crippen molar-refractivity contribution in [3.05, 3.63) is 59.1 Å². The second-order valence-electron chi connectivity index (χ2n) is 4.23. The number of nitrogens with two attached hydrogens (primary N) is 1. The van der Waals surface area contributed by atoms with Crippen molar-refractivity contribution in [2.75, 3.05) is 11.9 Å². The summed E-state index contributed by atoms with van der Waals surface area (Å²) >= 11 is 5.75. The maximum atomic E-state index is 11.7. The van der Waals surface area contributed by atoms with Crippen molar-refractivity contribution < 1.29 is 14.3 Å². The summed E-state index contributed by atoms with van der Waals surface area (Å²) in [5.41, 5.74) is 6.15. The average molecular weight is 305 g/mol. The lowest BCUT2D eigenvalue weighted by atomic mass is 10.2. The molecule has 0 aliphatic rings. The van der Waals surface area contributed by atoms with E-state index >= 15 is 0 Å². The Labute approximate surface area is 126 Å². The Morgan fingerprint density at radius 1 is 1.05 bits per heavy atom. The predicted octanol–water partition coefficient (Wildman–Crippen LogP) is 2.46. The van der Waals surface area contributed by atoms with Crippen molar-refractivity contribution >= 4 is 29.1 Å². The molecule has 0 atom stereocenters. The van der Waals surface area contributed by atoms with E-state index in [0.717, 1.165) is 0 Å². The molecule has 5 nitrogen and oxygen atoms in total. The Hall–Kier alpha value is -2.53. The monoisotopic (exact) mass is 304 g/mol. The van der Waals surface area contributed by atoms with Gasteiger partial charge in [-0.3, -0.25) is 9.59 Å². The Balaban J connectivity index is 1.86. The quantitative estimate of drug-likeness (QED) is 0.890. The van der Waals surface area contributed by atoms with Crippen molar-refractivity contribution in [2.24, 2.45) is 5.73 Å². The fraction of sp³-hybridized carbons (Fsp3) is 0.0667. The van der Waals surface area contributed by atoms with Crippen LogP contribution in [0.15, 0.2) is 48.5 Å². The molecule has 2 aromatic carbocycles. The molecule has 0 heterocycles. The van der Waals surface area contributed by atoms with Gasteiger partial charge in [0.15, 0.2) is 6.61 Å². The molecule has 0 bridgehead atoms. The van der Waals surface area contributed by atoms with Crippen molar-refractivity contribution in [3.8, 4) is 5.75 Å². The number of halogens is 1. The second kappa shape index (κ2) is 6.76. The summed E-state index contributed by atoms with van der Waals surface area (Å²) in [7, 11) is 0. The van der Waals surface area contributed by atoms with E-state index in [0.29, 0.717) is 22.0 Å². The number of nitrogens with one attached hydrogen (secondary N) is 1. The molecule has 0 aliphatic carbocycles. The molecule has 0 fully saturated rings. The Morgan fingerprint density at radius 2 is 1.67 bits per heavy atom. The first-order chi connectivity index (χ1) is 10.0. The van der Waals surface area contributed by atoms with Gasteiger partial charge in [0.2, 0.25) is 5.91 Å². The zero-order valence-electron chi connectivity index (χ0n) is 11.0. The van der Waals surface area contributed by atoms with E-state index in [9.17, 15) is 9.59 Å². The summed E-state index contributed by atoms with van der Waals surface area (Å²) < 4.78 is 5.31. The van der Waals surface area contributed by atoms with Crippen LogP contribution in [0.25, 0.3) is 0 Å². The van der Waals surface area contributed by atoms with Gasteiger partial charge in [-0.15, -0.1) is 0 Å². The smallest absolute Gasteiger partial charge is 0.262 e. The number of rotatable bonds is 5. The number of carbonyl (C=O) groups excluding carboxylic acids is 2. The van der Waals surface area contributed by atoms with E-state index in [2.05, 4.69) is 5.32 Å². The average Bonchev–Trinajstić information content (AvgIpc) is 2.48. The Kier molecular flexibility index (Phi) is 4.79. The van der Waals surface area contributed by atoms with Gasteiger partial charge in [0.25, 0.3) is 5.91 Å². The van der Waals surface area contributed by atoms with E-state index in [1.807, 2.05) is 0 Å². The minimum absolute atomic E-state index is 0.140. The zero-order valence-corrected chi connectivity index (χ0v) is 11.8.